The number of nitrogens with two attached hydrogens (primary N) is 1. The summed E-state index contributed by atoms with van der Waals surface area (Å²) in [6.07, 6.45) is 0. The predicted molar refractivity (Wildman–Crippen MR) is 59.6 cm³/mol. The van der Waals surface area contributed by atoms with E-state index in [4.69, 9.17) is 5.73 Å². The highest BCUT2D eigenvalue weighted by molar-refractivity contribution is 9.10. The van der Waals surface area contributed by atoms with E-state index in [0.29, 0.717) is 10.2 Å². The number of aromatic nitrogens is 2. The first kappa shape index (κ1) is 11.9. The maximum absolute atomic E-state index is 11.2. The van der Waals surface area contributed by atoms with E-state index in [1.54, 1.807) is 0 Å². The normalized spacial score (nSPS) is 10.5. The Labute approximate surface area is 96.2 Å². The van der Waals surface area contributed by atoms with E-state index in [1.807, 2.05) is 13.8 Å². The first-order chi connectivity index (χ1) is 6.97. The van der Waals surface area contributed by atoms with Gasteiger partial charge in [-0.15, -0.1) is 0 Å². The molecule has 1 aromatic heterocycles. The zero-order valence-corrected chi connectivity index (χ0v) is 10.3. The molecule has 0 amide bonds. The largest absolute Gasteiger partial charge is 0.463 e. The van der Waals surface area contributed by atoms with E-state index in [9.17, 15) is 4.79 Å². The number of carbonyl (C=O) groups excluding carboxylic acids is 1. The summed E-state index contributed by atoms with van der Waals surface area (Å²) in [5, 5.41) is 0. The van der Waals surface area contributed by atoms with Gasteiger partial charge in [-0.25, -0.2) is 14.8 Å². The van der Waals surface area contributed by atoms with Crippen LogP contribution in [-0.4, -0.2) is 23.0 Å². The van der Waals surface area contributed by atoms with Crippen molar-refractivity contribution >= 4 is 27.7 Å². The van der Waals surface area contributed by atoms with Crippen LogP contribution in [-0.2, 0) is 4.74 Å². The van der Waals surface area contributed by atoms with Gasteiger partial charge in [-0.1, -0.05) is 13.8 Å². The van der Waals surface area contributed by atoms with E-state index in [2.05, 4.69) is 30.6 Å². The number of rotatable bonds is 2. The molecule has 0 aliphatic heterocycles. The molecule has 0 atom stereocenters. The van der Waals surface area contributed by atoms with Gasteiger partial charge in [-0.05, 0) is 21.8 Å². The van der Waals surface area contributed by atoms with Crippen LogP contribution in [0.25, 0.3) is 0 Å². The van der Waals surface area contributed by atoms with Crippen LogP contribution in [0.3, 0.4) is 0 Å². The highest BCUT2D eigenvalue weighted by Crippen LogP contribution is 2.26. The van der Waals surface area contributed by atoms with Gasteiger partial charge in [0.25, 0.3) is 0 Å². The fourth-order valence-corrected chi connectivity index (χ4v) is 1.68. The number of methoxy groups -OCH3 is 1. The van der Waals surface area contributed by atoms with Crippen molar-refractivity contribution in [2.24, 2.45) is 0 Å². The quantitative estimate of drug-likeness (QED) is 0.831. The minimum Gasteiger partial charge on any atom is -0.463 e. The number of nitrogens with zero attached hydrogens (tertiary/aromatic N) is 2. The summed E-state index contributed by atoms with van der Waals surface area (Å²) in [5.74, 6) is -0.208. The second kappa shape index (κ2) is 4.57. The lowest BCUT2D eigenvalue weighted by Gasteiger charge is -2.10. The first-order valence-corrected chi connectivity index (χ1v) is 5.17. The second-order valence-electron chi connectivity index (χ2n) is 3.28. The maximum atomic E-state index is 11.2. The summed E-state index contributed by atoms with van der Waals surface area (Å²) in [7, 11) is 1.28. The Balaban J connectivity index is 3.29. The molecular weight excluding hydrogens is 262 g/mol. The SMILES string of the molecule is COC(=O)c1nc(N)c(Br)c(C(C)C)n1. The molecule has 0 unspecified atom stereocenters. The molecule has 1 rings (SSSR count). The third-order valence-electron chi connectivity index (χ3n) is 1.82. The third-order valence-corrected chi connectivity index (χ3v) is 2.63. The van der Waals surface area contributed by atoms with Gasteiger partial charge in [-0.2, -0.15) is 0 Å². The average Bonchev–Trinajstić information content (AvgIpc) is 2.20. The summed E-state index contributed by atoms with van der Waals surface area (Å²) in [6, 6.07) is 0. The summed E-state index contributed by atoms with van der Waals surface area (Å²) in [4.78, 5) is 19.2. The predicted octanol–water partition coefficient (Wildman–Crippen LogP) is 1.73. The molecule has 2 N–H and O–H groups in total. The number of anilines is 1. The number of ether oxygens (including phenoxy) is 1. The van der Waals surface area contributed by atoms with Gasteiger partial charge in [0.15, 0.2) is 0 Å². The molecule has 0 spiro atoms. The van der Waals surface area contributed by atoms with Gasteiger partial charge in [0.05, 0.1) is 17.3 Å². The van der Waals surface area contributed by atoms with Gasteiger partial charge in [0.1, 0.15) is 5.82 Å². The van der Waals surface area contributed by atoms with Crippen molar-refractivity contribution in [3.8, 4) is 0 Å². The molecular formula is C9H12BrN3O2. The third kappa shape index (κ3) is 2.44. The topological polar surface area (TPSA) is 78.1 Å². The lowest BCUT2D eigenvalue weighted by molar-refractivity contribution is 0.0586. The number of halogens is 1. The maximum Gasteiger partial charge on any atom is 0.376 e. The molecule has 0 radical (unpaired) electrons. The summed E-state index contributed by atoms with van der Waals surface area (Å²) >= 11 is 3.28. The highest BCUT2D eigenvalue weighted by atomic mass is 79.9. The summed E-state index contributed by atoms with van der Waals surface area (Å²) in [5.41, 5.74) is 6.34. The van der Waals surface area contributed by atoms with Gasteiger partial charge >= 0.3 is 5.97 Å². The summed E-state index contributed by atoms with van der Waals surface area (Å²) < 4.78 is 5.16. The van der Waals surface area contributed by atoms with Crippen molar-refractivity contribution in [2.75, 3.05) is 12.8 Å². The van der Waals surface area contributed by atoms with Crippen molar-refractivity contribution in [1.82, 2.24) is 9.97 Å². The Kier molecular flexibility index (Phi) is 3.62. The zero-order valence-electron chi connectivity index (χ0n) is 8.74. The Hall–Kier alpha value is -1.17. The number of nitrogen functional groups attached to an aromatic ring is 1. The monoisotopic (exact) mass is 273 g/mol. The minimum atomic E-state index is -0.587. The van der Waals surface area contributed by atoms with E-state index in [0.717, 1.165) is 0 Å². The molecule has 6 heteroatoms. The molecule has 1 heterocycles. The molecule has 0 bridgehead atoms. The van der Waals surface area contributed by atoms with Crippen molar-refractivity contribution < 1.29 is 9.53 Å². The molecule has 0 saturated carbocycles. The molecule has 0 saturated heterocycles. The number of hydrogen-bond acceptors (Lipinski definition) is 5. The van der Waals surface area contributed by atoms with Crippen molar-refractivity contribution in [3.63, 3.8) is 0 Å². The minimum absolute atomic E-state index is 0.0121. The van der Waals surface area contributed by atoms with Crippen LogP contribution in [0.5, 0.6) is 0 Å². The van der Waals surface area contributed by atoms with E-state index < -0.39 is 5.97 Å². The molecule has 0 aromatic carbocycles. The first-order valence-electron chi connectivity index (χ1n) is 4.38. The Morgan fingerprint density at radius 1 is 1.47 bits per heavy atom. The average molecular weight is 274 g/mol. The second-order valence-corrected chi connectivity index (χ2v) is 4.07. The van der Waals surface area contributed by atoms with Crippen LogP contribution in [0, 0.1) is 0 Å². The van der Waals surface area contributed by atoms with Gasteiger partial charge in [0, 0.05) is 0 Å². The zero-order chi connectivity index (χ0) is 11.6. The van der Waals surface area contributed by atoms with Crippen LogP contribution >= 0.6 is 15.9 Å². The van der Waals surface area contributed by atoms with Crippen molar-refractivity contribution in [2.45, 2.75) is 19.8 Å². The van der Waals surface area contributed by atoms with Crippen LogP contribution in [0.15, 0.2) is 4.47 Å². The van der Waals surface area contributed by atoms with E-state index in [-0.39, 0.29) is 17.6 Å². The van der Waals surface area contributed by atoms with Crippen molar-refractivity contribution in [3.05, 3.63) is 16.0 Å². The van der Waals surface area contributed by atoms with Crippen LogP contribution < -0.4 is 5.73 Å². The highest BCUT2D eigenvalue weighted by Gasteiger charge is 2.17. The molecule has 15 heavy (non-hydrogen) atoms. The smallest absolute Gasteiger partial charge is 0.376 e. The Morgan fingerprint density at radius 2 is 2.07 bits per heavy atom. The van der Waals surface area contributed by atoms with Gasteiger partial charge in [0.2, 0.25) is 5.82 Å². The molecule has 0 aliphatic rings. The van der Waals surface area contributed by atoms with Gasteiger partial charge < -0.3 is 10.5 Å². The summed E-state index contributed by atoms with van der Waals surface area (Å²) in [6.45, 7) is 3.90. The number of hydrogen-bond donors (Lipinski definition) is 1. The molecule has 5 nitrogen and oxygen atoms in total. The standard InChI is InChI=1S/C9H12BrN3O2/c1-4(2)6-5(10)7(11)13-8(12-6)9(14)15-3/h4H,1-3H3,(H2,11,12,13). The molecule has 1 aromatic rings. The fraction of sp³-hybridized carbons (Fsp3) is 0.444. The number of carbonyl (C=O) groups is 1. The van der Waals surface area contributed by atoms with E-state index in [1.165, 1.54) is 7.11 Å². The Morgan fingerprint density at radius 3 is 2.53 bits per heavy atom. The lowest BCUT2D eigenvalue weighted by Crippen LogP contribution is -2.12. The van der Waals surface area contributed by atoms with E-state index >= 15 is 0 Å². The fourth-order valence-electron chi connectivity index (χ4n) is 1.05. The molecule has 82 valence electrons. The number of esters is 1. The molecule has 0 aliphatic carbocycles. The lowest BCUT2D eigenvalue weighted by atomic mass is 10.1. The van der Waals surface area contributed by atoms with Gasteiger partial charge in [-0.3, -0.25) is 0 Å². The van der Waals surface area contributed by atoms with Crippen LogP contribution in [0.1, 0.15) is 36.1 Å². The van der Waals surface area contributed by atoms with Crippen LogP contribution in [0.2, 0.25) is 0 Å². The van der Waals surface area contributed by atoms with Crippen LogP contribution in [0.4, 0.5) is 5.82 Å². The molecule has 0 fully saturated rings. The Bertz CT molecular complexity index is 393. The van der Waals surface area contributed by atoms with Crippen molar-refractivity contribution in [1.29, 1.82) is 0 Å².